The number of imidazole rings is 1. The Morgan fingerprint density at radius 3 is 2.64 bits per heavy atom. The molecule has 0 saturated heterocycles. The van der Waals surface area contributed by atoms with E-state index in [2.05, 4.69) is 9.97 Å². The minimum atomic E-state index is -3.61. The minimum absolute atomic E-state index is 0.0330. The second-order valence-electron chi connectivity index (χ2n) is 2.09. The number of rotatable bonds is 2. The lowest BCUT2D eigenvalue weighted by Crippen LogP contribution is -2.12. The maximum Gasteiger partial charge on any atom is 0.255 e. The van der Waals surface area contributed by atoms with Crippen LogP contribution in [0.1, 0.15) is 12.7 Å². The second-order valence-corrected chi connectivity index (χ2v) is 3.62. The molecule has 0 aliphatic rings. The summed E-state index contributed by atoms with van der Waals surface area (Å²) in [5.74, 6) is 0.619. The summed E-state index contributed by atoms with van der Waals surface area (Å²) >= 11 is 0. The molecule has 0 aliphatic carbocycles. The Bertz CT molecular complexity index is 340. The molecular weight excluding hydrogens is 166 g/mol. The molecule has 0 bridgehead atoms. The molecule has 1 aromatic rings. The molecule has 0 aliphatic heterocycles. The smallest absolute Gasteiger partial charge is 0.255 e. The summed E-state index contributed by atoms with van der Waals surface area (Å²) in [6, 6.07) is 0. The molecule has 0 amide bonds. The zero-order chi connectivity index (χ0) is 8.48. The van der Waals surface area contributed by atoms with E-state index in [1.165, 1.54) is 6.20 Å². The van der Waals surface area contributed by atoms with E-state index < -0.39 is 10.0 Å². The third-order valence-corrected chi connectivity index (χ3v) is 2.07. The van der Waals surface area contributed by atoms with Gasteiger partial charge in [0.25, 0.3) is 10.0 Å². The lowest BCUT2D eigenvalue weighted by Gasteiger charge is -1.89. The van der Waals surface area contributed by atoms with Crippen LogP contribution in [0, 0.1) is 0 Å². The first-order chi connectivity index (χ1) is 5.04. The predicted octanol–water partition coefficient (Wildman–Crippen LogP) is -0.381. The van der Waals surface area contributed by atoms with Crippen molar-refractivity contribution in [2.24, 2.45) is 5.14 Å². The highest BCUT2D eigenvalue weighted by Crippen LogP contribution is 2.02. The Morgan fingerprint density at radius 2 is 2.36 bits per heavy atom. The van der Waals surface area contributed by atoms with Crippen molar-refractivity contribution in [3.8, 4) is 0 Å². The SMILES string of the molecule is CCc1ncc(S(N)(=O)=O)[nH]1. The van der Waals surface area contributed by atoms with Gasteiger partial charge in [0.15, 0.2) is 5.03 Å². The van der Waals surface area contributed by atoms with Crippen molar-refractivity contribution in [3.63, 3.8) is 0 Å². The van der Waals surface area contributed by atoms with Gasteiger partial charge in [-0.3, -0.25) is 0 Å². The molecule has 1 aromatic heterocycles. The summed E-state index contributed by atoms with van der Waals surface area (Å²) in [7, 11) is -3.61. The normalized spacial score (nSPS) is 11.8. The predicted molar refractivity (Wildman–Crippen MR) is 39.3 cm³/mol. The molecule has 0 unspecified atom stereocenters. The van der Waals surface area contributed by atoms with Gasteiger partial charge in [0, 0.05) is 6.42 Å². The fourth-order valence-corrected chi connectivity index (χ4v) is 1.13. The maximum atomic E-state index is 10.7. The third-order valence-electron chi connectivity index (χ3n) is 1.25. The molecule has 0 aromatic carbocycles. The summed E-state index contributed by atoms with van der Waals surface area (Å²) < 4.78 is 21.3. The molecule has 0 spiro atoms. The Morgan fingerprint density at radius 1 is 1.73 bits per heavy atom. The van der Waals surface area contributed by atoms with E-state index in [0.29, 0.717) is 12.2 Å². The summed E-state index contributed by atoms with van der Waals surface area (Å²) in [6.45, 7) is 1.87. The van der Waals surface area contributed by atoms with Crippen LogP contribution in [0.3, 0.4) is 0 Å². The van der Waals surface area contributed by atoms with Gasteiger partial charge in [-0.25, -0.2) is 18.5 Å². The lowest BCUT2D eigenvalue weighted by atomic mass is 10.5. The topological polar surface area (TPSA) is 88.8 Å². The number of H-pyrrole nitrogens is 1. The molecule has 6 heteroatoms. The van der Waals surface area contributed by atoms with Crippen LogP contribution in [0.15, 0.2) is 11.2 Å². The first-order valence-electron chi connectivity index (χ1n) is 3.10. The van der Waals surface area contributed by atoms with E-state index >= 15 is 0 Å². The van der Waals surface area contributed by atoms with Gasteiger partial charge in [0.05, 0.1) is 6.20 Å². The Balaban J connectivity index is 3.09. The lowest BCUT2D eigenvalue weighted by molar-refractivity contribution is 0.594. The highest BCUT2D eigenvalue weighted by atomic mass is 32.2. The van der Waals surface area contributed by atoms with Crippen molar-refractivity contribution in [2.45, 2.75) is 18.4 Å². The van der Waals surface area contributed by atoms with Crippen LogP contribution in [0.4, 0.5) is 0 Å². The zero-order valence-electron chi connectivity index (χ0n) is 6.03. The number of aryl methyl sites for hydroxylation is 1. The van der Waals surface area contributed by atoms with Crippen molar-refractivity contribution >= 4 is 10.0 Å². The van der Waals surface area contributed by atoms with Gasteiger partial charge in [0.1, 0.15) is 5.82 Å². The number of hydrogen-bond donors (Lipinski definition) is 2. The molecule has 62 valence electrons. The van der Waals surface area contributed by atoms with Crippen molar-refractivity contribution in [2.75, 3.05) is 0 Å². The van der Waals surface area contributed by atoms with Gasteiger partial charge in [0.2, 0.25) is 0 Å². The quantitative estimate of drug-likeness (QED) is 0.642. The second kappa shape index (κ2) is 2.63. The minimum Gasteiger partial charge on any atom is -0.332 e. The highest BCUT2D eigenvalue weighted by Gasteiger charge is 2.09. The first kappa shape index (κ1) is 8.22. The van der Waals surface area contributed by atoms with Gasteiger partial charge in [-0.2, -0.15) is 0 Å². The molecule has 3 N–H and O–H groups in total. The number of nitrogens with zero attached hydrogens (tertiary/aromatic N) is 1. The van der Waals surface area contributed by atoms with E-state index in [1.54, 1.807) is 0 Å². The molecule has 5 nitrogen and oxygen atoms in total. The van der Waals surface area contributed by atoms with Gasteiger partial charge < -0.3 is 4.98 Å². The Labute approximate surface area is 64.7 Å². The van der Waals surface area contributed by atoms with Crippen molar-refractivity contribution in [1.82, 2.24) is 9.97 Å². The van der Waals surface area contributed by atoms with Crippen LogP contribution in [0.2, 0.25) is 0 Å². The van der Waals surface area contributed by atoms with Gasteiger partial charge in [-0.05, 0) is 0 Å². The number of hydrogen-bond acceptors (Lipinski definition) is 3. The number of aromatic nitrogens is 2. The maximum absolute atomic E-state index is 10.7. The largest absolute Gasteiger partial charge is 0.332 e. The van der Waals surface area contributed by atoms with E-state index in [0.717, 1.165) is 0 Å². The van der Waals surface area contributed by atoms with Crippen molar-refractivity contribution in [3.05, 3.63) is 12.0 Å². The Kier molecular flexibility index (Phi) is 1.97. The van der Waals surface area contributed by atoms with Crippen LogP contribution >= 0.6 is 0 Å². The van der Waals surface area contributed by atoms with Crippen LogP contribution in [0.25, 0.3) is 0 Å². The fraction of sp³-hybridized carbons (Fsp3) is 0.400. The van der Waals surface area contributed by atoms with Crippen molar-refractivity contribution in [1.29, 1.82) is 0 Å². The molecule has 0 fully saturated rings. The summed E-state index contributed by atoms with van der Waals surface area (Å²) in [4.78, 5) is 6.37. The Hall–Kier alpha value is -0.880. The van der Waals surface area contributed by atoms with Crippen LogP contribution in [0.5, 0.6) is 0 Å². The van der Waals surface area contributed by atoms with E-state index in [1.807, 2.05) is 6.92 Å². The average molecular weight is 175 g/mol. The number of nitrogens with two attached hydrogens (primary N) is 1. The van der Waals surface area contributed by atoms with E-state index in [4.69, 9.17) is 5.14 Å². The molecule has 1 rings (SSSR count). The number of primary sulfonamides is 1. The van der Waals surface area contributed by atoms with Crippen LogP contribution in [-0.4, -0.2) is 18.4 Å². The molecule has 0 saturated carbocycles. The molecule has 11 heavy (non-hydrogen) atoms. The zero-order valence-corrected chi connectivity index (χ0v) is 6.85. The number of sulfonamides is 1. The molecule has 1 heterocycles. The summed E-state index contributed by atoms with van der Waals surface area (Å²) in [5, 5.41) is 4.79. The fourth-order valence-electron chi connectivity index (χ4n) is 0.668. The number of aromatic amines is 1. The van der Waals surface area contributed by atoms with Crippen molar-refractivity contribution < 1.29 is 8.42 Å². The first-order valence-corrected chi connectivity index (χ1v) is 4.65. The monoisotopic (exact) mass is 175 g/mol. The van der Waals surface area contributed by atoms with Gasteiger partial charge >= 0.3 is 0 Å². The molecular formula is C5H9N3O2S. The van der Waals surface area contributed by atoms with E-state index in [-0.39, 0.29) is 5.03 Å². The standard InChI is InChI=1S/C5H9N3O2S/c1-2-4-7-3-5(8-4)11(6,9)10/h3H,2H2,1H3,(H,7,8)(H2,6,9,10). The summed E-state index contributed by atoms with van der Waals surface area (Å²) in [5.41, 5.74) is 0. The van der Waals surface area contributed by atoms with E-state index in [9.17, 15) is 8.42 Å². The molecule has 0 radical (unpaired) electrons. The number of nitrogens with one attached hydrogen (secondary N) is 1. The van der Waals surface area contributed by atoms with Crippen LogP contribution in [-0.2, 0) is 16.4 Å². The third kappa shape index (κ3) is 1.78. The molecule has 0 atom stereocenters. The summed E-state index contributed by atoms with van der Waals surface area (Å²) in [6.07, 6.45) is 1.88. The highest BCUT2D eigenvalue weighted by molar-refractivity contribution is 7.89. The van der Waals surface area contributed by atoms with Crippen LogP contribution < -0.4 is 5.14 Å². The van der Waals surface area contributed by atoms with Gasteiger partial charge in [-0.1, -0.05) is 6.92 Å². The average Bonchev–Trinajstić information content (AvgIpc) is 2.32. The van der Waals surface area contributed by atoms with Gasteiger partial charge in [-0.15, -0.1) is 0 Å².